The maximum atomic E-state index is 9.44. The van der Waals surface area contributed by atoms with Gasteiger partial charge in [0, 0.05) is 12.4 Å². The first-order valence-electron chi connectivity index (χ1n) is 8.47. The Morgan fingerprint density at radius 1 is 0.667 bits per heavy atom. The lowest BCUT2D eigenvalue weighted by Crippen LogP contribution is -1.96. The third-order valence-electron chi connectivity index (χ3n) is 4.07. The van der Waals surface area contributed by atoms with E-state index in [2.05, 4.69) is 21.0 Å². The van der Waals surface area contributed by atoms with Crippen molar-refractivity contribution in [2.24, 2.45) is 0 Å². The SMILES string of the molecule is Cc1ccnc(-c2cc(C#N)cc(-c3cccc(-c4ccccn4)n3)n2)c1. The van der Waals surface area contributed by atoms with Crippen molar-refractivity contribution in [3.05, 3.63) is 84.2 Å². The van der Waals surface area contributed by atoms with Crippen LogP contribution in [0.4, 0.5) is 0 Å². The molecule has 4 aromatic heterocycles. The van der Waals surface area contributed by atoms with Crippen molar-refractivity contribution in [3.8, 4) is 40.2 Å². The number of pyridine rings is 4. The molecule has 0 aromatic carbocycles. The van der Waals surface area contributed by atoms with E-state index in [9.17, 15) is 5.26 Å². The van der Waals surface area contributed by atoms with Gasteiger partial charge in [0.15, 0.2) is 0 Å². The zero-order valence-corrected chi connectivity index (χ0v) is 14.7. The number of nitriles is 1. The molecule has 0 aliphatic rings. The molecular weight excluding hydrogens is 334 g/mol. The van der Waals surface area contributed by atoms with Gasteiger partial charge in [-0.1, -0.05) is 12.1 Å². The van der Waals surface area contributed by atoms with Crippen LogP contribution in [-0.4, -0.2) is 19.9 Å². The van der Waals surface area contributed by atoms with Gasteiger partial charge < -0.3 is 0 Å². The minimum absolute atomic E-state index is 0.517. The molecule has 0 bridgehead atoms. The minimum Gasteiger partial charge on any atom is -0.255 e. The molecule has 0 atom stereocenters. The Hall–Kier alpha value is -3.91. The standard InChI is InChI=1S/C22H15N5/c1-15-8-10-25-20(11-15)22-13-16(14-23)12-21(27-22)19-7-4-6-18(26-19)17-5-2-3-9-24-17/h2-13H,1H3. The molecule has 0 fully saturated rings. The smallest absolute Gasteiger partial charge is 0.0993 e. The Morgan fingerprint density at radius 2 is 1.33 bits per heavy atom. The van der Waals surface area contributed by atoms with Crippen molar-refractivity contribution < 1.29 is 0 Å². The van der Waals surface area contributed by atoms with Crippen molar-refractivity contribution >= 4 is 0 Å². The fraction of sp³-hybridized carbons (Fsp3) is 0.0455. The molecule has 0 aliphatic carbocycles. The number of aromatic nitrogens is 4. The van der Waals surface area contributed by atoms with Gasteiger partial charge >= 0.3 is 0 Å². The topological polar surface area (TPSA) is 75.3 Å². The number of nitrogens with zero attached hydrogens (tertiary/aromatic N) is 5. The largest absolute Gasteiger partial charge is 0.255 e. The lowest BCUT2D eigenvalue weighted by Gasteiger charge is -2.07. The van der Waals surface area contributed by atoms with Gasteiger partial charge in [0.25, 0.3) is 0 Å². The number of hydrogen-bond acceptors (Lipinski definition) is 5. The summed E-state index contributed by atoms with van der Waals surface area (Å²) >= 11 is 0. The number of rotatable bonds is 3. The fourth-order valence-corrected chi connectivity index (χ4v) is 2.77. The van der Waals surface area contributed by atoms with Crippen LogP contribution in [0.3, 0.4) is 0 Å². The molecule has 5 nitrogen and oxygen atoms in total. The van der Waals surface area contributed by atoms with E-state index in [1.54, 1.807) is 24.5 Å². The van der Waals surface area contributed by atoms with Crippen molar-refractivity contribution in [1.82, 2.24) is 19.9 Å². The molecule has 0 saturated heterocycles. The van der Waals surface area contributed by atoms with Gasteiger partial charge in [-0.15, -0.1) is 0 Å². The fourth-order valence-electron chi connectivity index (χ4n) is 2.77. The quantitative estimate of drug-likeness (QED) is 0.546. The van der Waals surface area contributed by atoms with Crippen molar-refractivity contribution in [3.63, 3.8) is 0 Å². The van der Waals surface area contributed by atoms with Crippen LogP contribution in [0.1, 0.15) is 11.1 Å². The van der Waals surface area contributed by atoms with Gasteiger partial charge in [0.05, 0.1) is 45.8 Å². The zero-order valence-electron chi connectivity index (χ0n) is 14.7. The predicted molar refractivity (Wildman–Crippen MR) is 103 cm³/mol. The molecule has 4 heterocycles. The van der Waals surface area contributed by atoms with Crippen LogP contribution in [0, 0.1) is 18.3 Å². The van der Waals surface area contributed by atoms with E-state index in [4.69, 9.17) is 4.98 Å². The molecule has 0 spiro atoms. The van der Waals surface area contributed by atoms with Crippen molar-refractivity contribution in [2.45, 2.75) is 6.92 Å². The van der Waals surface area contributed by atoms with Gasteiger partial charge in [-0.3, -0.25) is 9.97 Å². The highest BCUT2D eigenvalue weighted by Crippen LogP contribution is 2.24. The first-order valence-corrected chi connectivity index (χ1v) is 8.47. The summed E-state index contributed by atoms with van der Waals surface area (Å²) in [7, 11) is 0. The van der Waals surface area contributed by atoms with Gasteiger partial charge in [0.1, 0.15) is 0 Å². The van der Waals surface area contributed by atoms with Crippen molar-refractivity contribution in [2.75, 3.05) is 0 Å². The summed E-state index contributed by atoms with van der Waals surface area (Å²) in [6.07, 6.45) is 3.48. The highest BCUT2D eigenvalue weighted by atomic mass is 14.8. The Balaban J connectivity index is 1.83. The van der Waals surface area contributed by atoms with Crippen LogP contribution in [0.15, 0.2) is 73.1 Å². The molecule has 27 heavy (non-hydrogen) atoms. The molecule has 4 aromatic rings. The molecule has 0 unspecified atom stereocenters. The summed E-state index contributed by atoms with van der Waals surface area (Å²) in [4.78, 5) is 18.1. The maximum absolute atomic E-state index is 9.44. The second-order valence-electron chi connectivity index (χ2n) is 6.08. The van der Waals surface area contributed by atoms with Crippen molar-refractivity contribution in [1.29, 1.82) is 5.26 Å². The van der Waals surface area contributed by atoms with E-state index in [0.717, 1.165) is 22.6 Å². The molecule has 0 saturated carbocycles. The molecular formula is C22H15N5. The summed E-state index contributed by atoms with van der Waals surface area (Å²) < 4.78 is 0. The molecule has 4 rings (SSSR count). The van der Waals surface area contributed by atoms with Crippen LogP contribution in [0.2, 0.25) is 0 Å². The summed E-state index contributed by atoms with van der Waals surface area (Å²) in [6, 6.07) is 21.0. The lowest BCUT2D eigenvalue weighted by molar-refractivity contribution is 1.19. The first-order chi connectivity index (χ1) is 13.2. The van der Waals surface area contributed by atoms with E-state index in [0.29, 0.717) is 22.6 Å². The average Bonchev–Trinajstić information content (AvgIpc) is 2.74. The third-order valence-corrected chi connectivity index (χ3v) is 4.07. The molecule has 0 radical (unpaired) electrons. The van der Waals surface area contributed by atoms with E-state index >= 15 is 0 Å². The second kappa shape index (κ2) is 7.14. The minimum atomic E-state index is 0.517. The van der Waals surface area contributed by atoms with E-state index < -0.39 is 0 Å². The molecule has 128 valence electrons. The lowest BCUT2D eigenvalue weighted by atomic mass is 10.1. The molecule has 0 amide bonds. The van der Waals surface area contributed by atoms with E-state index in [1.165, 1.54) is 0 Å². The second-order valence-corrected chi connectivity index (χ2v) is 6.08. The van der Waals surface area contributed by atoms with Gasteiger partial charge in [-0.2, -0.15) is 5.26 Å². The predicted octanol–water partition coefficient (Wildman–Crippen LogP) is 4.45. The summed E-state index contributed by atoms with van der Waals surface area (Å²) in [5.41, 5.74) is 5.84. The van der Waals surface area contributed by atoms with Gasteiger partial charge in [-0.25, -0.2) is 9.97 Å². The maximum Gasteiger partial charge on any atom is 0.0993 e. The monoisotopic (exact) mass is 349 g/mol. The molecule has 5 heteroatoms. The van der Waals surface area contributed by atoms with Gasteiger partial charge in [0.2, 0.25) is 0 Å². The number of hydrogen-bond donors (Lipinski definition) is 0. The van der Waals surface area contributed by atoms with Crippen LogP contribution >= 0.6 is 0 Å². The molecule has 0 N–H and O–H groups in total. The van der Waals surface area contributed by atoms with Crippen LogP contribution in [0.25, 0.3) is 34.2 Å². The highest BCUT2D eigenvalue weighted by molar-refractivity contribution is 5.67. The first kappa shape index (κ1) is 16.6. The van der Waals surface area contributed by atoms with Crippen LogP contribution in [-0.2, 0) is 0 Å². The Kier molecular flexibility index (Phi) is 4.38. The summed E-state index contributed by atoms with van der Waals surface area (Å²) in [5, 5.41) is 9.44. The molecule has 0 aliphatic heterocycles. The Morgan fingerprint density at radius 3 is 2.04 bits per heavy atom. The third kappa shape index (κ3) is 3.55. The van der Waals surface area contributed by atoms with E-state index in [-0.39, 0.29) is 0 Å². The van der Waals surface area contributed by atoms with Gasteiger partial charge in [-0.05, 0) is 61.0 Å². The zero-order chi connectivity index (χ0) is 18.6. The normalized spacial score (nSPS) is 10.4. The number of aryl methyl sites for hydroxylation is 1. The van der Waals surface area contributed by atoms with E-state index in [1.807, 2.05) is 55.5 Å². The summed E-state index contributed by atoms with van der Waals surface area (Å²) in [5.74, 6) is 0. The van der Waals surface area contributed by atoms with Crippen LogP contribution in [0.5, 0.6) is 0 Å². The van der Waals surface area contributed by atoms with Crippen LogP contribution < -0.4 is 0 Å². The summed E-state index contributed by atoms with van der Waals surface area (Å²) in [6.45, 7) is 2.00. The highest BCUT2D eigenvalue weighted by Gasteiger charge is 2.10. The Bertz CT molecular complexity index is 1150. The Labute approximate surface area is 157 Å². The average molecular weight is 349 g/mol.